The molecule has 1 saturated carbocycles. The third kappa shape index (κ3) is 1.31. The number of aliphatic carboxylic acids is 1. The SMILES string of the molecule is Cc1cccc(C2(C)CC2C(=O)O)c1. The van der Waals surface area contributed by atoms with Gasteiger partial charge >= 0.3 is 5.97 Å². The number of rotatable bonds is 2. The van der Waals surface area contributed by atoms with Crippen molar-refractivity contribution in [2.24, 2.45) is 5.92 Å². The first-order chi connectivity index (χ1) is 6.54. The monoisotopic (exact) mass is 190 g/mol. The molecule has 14 heavy (non-hydrogen) atoms. The smallest absolute Gasteiger partial charge is 0.307 e. The molecule has 2 rings (SSSR count). The molecule has 2 unspecified atom stereocenters. The Labute approximate surface area is 83.6 Å². The molecule has 1 fully saturated rings. The summed E-state index contributed by atoms with van der Waals surface area (Å²) < 4.78 is 0. The molecule has 0 heterocycles. The summed E-state index contributed by atoms with van der Waals surface area (Å²) in [5.74, 6) is -0.863. The van der Waals surface area contributed by atoms with Crippen LogP contribution in [0.4, 0.5) is 0 Å². The van der Waals surface area contributed by atoms with Crippen LogP contribution in [0.15, 0.2) is 24.3 Å². The molecule has 2 nitrogen and oxygen atoms in total. The van der Waals surface area contributed by atoms with E-state index in [0.29, 0.717) is 0 Å². The first kappa shape index (κ1) is 9.25. The fraction of sp³-hybridized carbons (Fsp3) is 0.417. The largest absolute Gasteiger partial charge is 0.481 e. The van der Waals surface area contributed by atoms with Crippen LogP contribution in [0, 0.1) is 12.8 Å². The molecular formula is C12H14O2. The third-order valence-corrected chi connectivity index (χ3v) is 3.21. The van der Waals surface area contributed by atoms with Gasteiger partial charge in [-0.3, -0.25) is 4.79 Å². The quantitative estimate of drug-likeness (QED) is 0.777. The van der Waals surface area contributed by atoms with E-state index in [1.165, 1.54) is 5.56 Å². The van der Waals surface area contributed by atoms with Crippen LogP contribution < -0.4 is 0 Å². The number of carboxylic acid groups (broad SMARTS) is 1. The minimum absolute atomic E-state index is 0.127. The van der Waals surface area contributed by atoms with Crippen LogP contribution in [0.5, 0.6) is 0 Å². The molecule has 0 spiro atoms. The van der Waals surface area contributed by atoms with Crippen molar-refractivity contribution in [2.75, 3.05) is 0 Å². The zero-order valence-electron chi connectivity index (χ0n) is 8.45. The van der Waals surface area contributed by atoms with E-state index in [0.717, 1.165) is 12.0 Å². The van der Waals surface area contributed by atoms with E-state index < -0.39 is 5.97 Å². The molecule has 0 radical (unpaired) electrons. The first-order valence-electron chi connectivity index (χ1n) is 4.84. The molecule has 0 saturated heterocycles. The number of carboxylic acids is 1. The second-order valence-electron chi connectivity index (χ2n) is 4.38. The van der Waals surface area contributed by atoms with Crippen LogP contribution in [0.2, 0.25) is 0 Å². The molecule has 1 aliphatic rings. The van der Waals surface area contributed by atoms with Crippen molar-refractivity contribution in [3.63, 3.8) is 0 Å². The van der Waals surface area contributed by atoms with Gasteiger partial charge in [-0.15, -0.1) is 0 Å². The predicted molar refractivity (Wildman–Crippen MR) is 54.3 cm³/mol. The highest BCUT2D eigenvalue weighted by molar-refractivity contribution is 5.77. The summed E-state index contributed by atoms with van der Waals surface area (Å²) in [6.07, 6.45) is 0.770. The zero-order valence-corrected chi connectivity index (χ0v) is 8.45. The molecule has 0 amide bonds. The topological polar surface area (TPSA) is 37.3 Å². The molecule has 1 aromatic carbocycles. The van der Waals surface area contributed by atoms with Gasteiger partial charge in [0.2, 0.25) is 0 Å². The van der Waals surface area contributed by atoms with E-state index in [1.54, 1.807) is 0 Å². The van der Waals surface area contributed by atoms with Crippen LogP contribution in [0.25, 0.3) is 0 Å². The summed E-state index contributed by atoms with van der Waals surface area (Å²) in [6.45, 7) is 4.06. The molecule has 2 heteroatoms. The van der Waals surface area contributed by atoms with Crippen molar-refractivity contribution < 1.29 is 9.90 Å². The molecule has 1 aromatic rings. The maximum Gasteiger partial charge on any atom is 0.307 e. The summed E-state index contributed by atoms with van der Waals surface area (Å²) in [7, 11) is 0. The second-order valence-corrected chi connectivity index (χ2v) is 4.38. The fourth-order valence-corrected chi connectivity index (χ4v) is 2.04. The Hall–Kier alpha value is -1.31. The lowest BCUT2D eigenvalue weighted by Crippen LogP contribution is -2.10. The van der Waals surface area contributed by atoms with Crippen molar-refractivity contribution >= 4 is 5.97 Å². The molecule has 0 aliphatic heterocycles. The zero-order chi connectivity index (χ0) is 10.3. The van der Waals surface area contributed by atoms with Crippen LogP contribution in [0.3, 0.4) is 0 Å². The molecule has 1 aliphatic carbocycles. The van der Waals surface area contributed by atoms with Gasteiger partial charge in [-0.05, 0) is 18.9 Å². The predicted octanol–water partition coefficient (Wildman–Crippen LogP) is 2.36. The Kier molecular flexibility index (Phi) is 1.88. The highest BCUT2D eigenvalue weighted by atomic mass is 16.4. The maximum absolute atomic E-state index is 10.8. The van der Waals surface area contributed by atoms with Crippen LogP contribution in [0.1, 0.15) is 24.5 Å². The van der Waals surface area contributed by atoms with Gasteiger partial charge in [0, 0.05) is 5.41 Å². The lowest BCUT2D eigenvalue weighted by molar-refractivity contribution is -0.138. The van der Waals surface area contributed by atoms with Gasteiger partial charge in [-0.25, -0.2) is 0 Å². The van der Waals surface area contributed by atoms with Gasteiger partial charge in [0.15, 0.2) is 0 Å². The van der Waals surface area contributed by atoms with Gasteiger partial charge in [0.05, 0.1) is 5.92 Å². The van der Waals surface area contributed by atoms with Crippen molar-refractivity contribution in [3.8, 4) is 0 Å². The molecule has 74 valence electrons. The Bertz CT molecular complexity index is 384. The van der Waals surface area contributed by atoms with Gasteiger partial charge < -0.3 is 5.11 Å². The number of aryl methyl sites for hydroxylation is 1. The summed E-state index contributed by atoms with van der Waals surface area (Å²) in [6, 6.07) is 8.14. The minimum atomic E-state index is -0.672. The van der Waals surface area contributed by atoms with Crippen molar-refractivity contribution in [2.45, 2.75) is 25.7 Å². The van der Waals surface area contributed by atoms with Crippen LogP contribution >= 0.6 is 0 Å². The average Bonchev–Trinajstić information content (AvgIpc) is 2.80. The summed E-state index contributed by atoms with van der Waals surface area (Å²) in [4.78, 5) is 10.8. The number of carbonyl (C=O) groups is 1. The van der Waals surface area contributed by atoms with E-state index in [-0.39, 0.29) is 11.3 Å². The summed E-state index contributed by atoms with van der Waals surface area (Å²) >= 11 is 0. The number of hydrogen-bond donors (Lipinski definition) is 1. The second kappa shape index (κ2) is 2.84. The molecule has 2 atom stereocenters. The van der Waals surface area contributed by atoms with Crippen LogP contribution in [-0.4, -0.2) is 11.1 Å². The normalized spacial score (nSPS) is 30.0. The van der Waals surface area contributed by atoms with Gasteiger partial charge in [-0.1, -0.05) is 36.8 Å². The van der Waals surface area contributed by atoms with Gasteiger partial charge in [0.1, 0.15) is 0 Å². The Morgan fingerprint density at radius 3 is 2.79 bits per heavy atom. The van der Waals surface area contributed by atoms with E-state index in [1.807, 2.05) is 32.0 Å². The summed E-state index contributed by atoms with van der Waals surface area (Å²) in [5, 5.41) is 8.92. The highest BCUT2D eigenvalue weighted by Crippen LogP contribution is 2.54. The van der Waals surface area contributed by atoms with Gasteiger partial charge in [0.25, 0.3) is 0 Å². The van der Waals surface area contributed by atoms with Crippen molar-refractivity contribution in [1.82, 2.24) is 0 Å². The Morgan fingerprint density at radius 1 is 1.57 bits per heavy atom. The molecular weight excluding hydrogens is 176 g/mol. The number of hydrogen-bond acceptors (Lipinski definition) is 1. The van der Waals surface area contributed by atoms with E-state index in [4.69, 9.17) is 5.11 Å². The molecule has 1 N–H and O–H groups in total. The average molecular weight is 190 g/mol. The molecule has 0 bridgehead atoms. The lowest BCUT2D eigenvalue weighted by atomic mass is 9.94. The fourth-order valence-electron chi connectivity index (χ4n) is 2.04. The van der Waals surface area contributed by atoms with E-state index >= 15 is 0 Å². The highest BCUT2D eigenvalue weighted by Gasteiger charge is 2.55. The maximum atomic E-state index is 10.8. The van der Waals surface area contributed by atoms with Crippen LogP contribution in [-0.2, 0) is 10.2 Å². The summed E-state index contributed by atoms with van der Waals surface area (Å²) in [5.41, 5.74) is 2.22. The van der Waals surface area contributed by atoms with Crippen molar-refractivity contribution in [1.29, 1.82) is 0 Å². The lowest BCUT2D eigenvalue weighted by Gasteiger charge is -2.10. The van der Waals surface area contributed by atoms with Gasteiger partial charge in [-0.2, -0.15) is 0 Å². The Morgan fingerprint density at radius 2 is 2.29 bits per heavy atom. The third-order valence-electron chi connectivity index (χ3n) is 3.21. The van der Waals surface area contributed by atoms with E-state index in [9.17, 15) is 4.79 Å². The van der Waals surface area contributed by atoms with Crippen molar-refractivity contribution in [3.05, 3.63) is 35.4 Å². The minimum Gasteiger partial charge on any atom is -0.481 e. The van der Waals surface area contributed by atoms with E-state index in [2.05, 4.69) is 6.07 Å². The Balaban J connectivity index is 2.30. The first-order valence-corrected chi connectivity index (χ1v) is 4.84. The number of benzene rings is 1. The molecule has 0 aromatic heterocycles. The standard InChI is InChI=1S/C12H14O2/c1-8-4-3-5-9(6-8)12(2)7-10(12)11(13)14/h3-6,10H,7H2,1-2H3,(H,13,14).